The first kappa shape index (κ1) is 9.55. The Labute approximate surface area is 99.3 Å². The first-order valence-corrected chi connectivity index (χ1v) is 5.33. The van der Waals surface area contributed by atoms with Crippen LogP contribution in [-0.2, 0) is 0 Å². The van der Waals surface area contributed by atoms with E-state index in [1.807, 2.05) is 0 Å². The topological polar surface area (TPSA) is 0 Å². The largest absolute Gasteiger partial charge is 1.00 e. The van der Waals surface area contributed by atoms with Crippen LogP contribution in [0.2, 0.25) is 0 Å². The Balaban J connectivity index is 0.000000422. The minimum Gasteiger partial charge on any atom is -1.00 e. The first-order valence-electron chi connectivity index (χ1n) is 5.33. The van der Waals surface area contributed by atoms with E-state index in [9.17, 15) is 0 Å². The second-order valence-electron chi connectivity index (χ2n) is 5.29. The summed E-state index contributed by atoms with van der Waals surface area (Å²) in [4.78, 5) is 0. The third-order valence-electron chi connectivity index (χ3n) is 4.70. The molecule has 4 rings (SSSR count). The summed E-state index contributed by atoms with van der Waals surface area (Å²) >= 11 is 0. The maximum Gasteiger partial charge on any atom is 1.00 e. The molecule has 0 saturated heterocycles. The summed E-state index contributed by atoms with van der Waals surface area (Å²) in [5.74, 6) is 5.70. The Hall–Kier alpha value is 1.00. The van der Waals surface area contributed by atoms with Gasteiger partial charge in [0.2, 0.25) is 0 Å². The standard InChI is InChI=1S/C11H18.Na.H/c1-7-10-3-8-2-9(5-10)6-11(7)4-8;;/h7-11H,2-6H2,1H3;;/q;+1;-1. The van der Waals surface area contributed by atoms with Crippen LogP contribution < -0.4 is 29.6 Å². The van der Waals surface area contributed by atoms with Crippen molar-refractivity contribution in [3.8, 4) is 0 Å². The molecule has 0 radical (unpaired) electrons. The van der Waals surface area contributed by atoms with Gasteiger partial charge < -0.3 is 1.43 Å². The van der Waals surface area contributed by atoms with E-state index in [0.29, 0.717) is 0 Å². The first-order chi connectivity index (χ1) is 5.33. The van der Waals surface area contributed by atoms with Crippen molar-refractivity contribution in [3.63, 3.8) is 0 Å². The van der Waals surface area contributed by atoms with Crippen molar-refractivity contribution in [3.05, 3.63) is 0 Å². The molecule has 4 fully saturated rings. The summed E-state index contributed by atoms with van der Waals surface area (Å²) in [7, 11) is 0. The summed E-state index contributed by atoms with van der Waals surface area (Å²) < 4.78 is 0. The number of hydrogen-bond donors (Lipinski definition) is 0. The van der Waals surface area contributed by atoms with Crippen molar-refractivity contribution in [2.24, 2.45) is 29.6 Å². The van der Waals surface area contributed by atoms with Crippen LogP contribution in [0.1, 0.15) is 40.5 Å². The second-order valence-corrected chi connectivity index (χ2v) is 5.29. The Kier molecular flexibility index (Phi) is 2.62. The molecule has 4 saturated carbocycles. The zero-order chi connectivity index (χ0) is 7.42. The molecular formula is C11H19Na. The van der Waals surface area contributed by atoms with Gasteiger partial charge in [-0.2, -0.15) is 0 Å². The molecule has 0 aliphatic heterocycles. The number of rotatable bonds is 0. The summed E-state index contributed by atoms with van der Waals surface area (Å²) in [5, 5.41) is 0. The van der Waals surface area contributed by atoms with Crippen LogP contribution in [0.5, 0.6) is 0 Å². The van der Waals surface area contributed by atoms with E-state index in [1.54, 1.807) is 32.1 Å². The zero-order valence-electron chi connectivity index (χ0n) is 9.42. The third kappa shape index (κ3) is 1.31. The van der Waals surface area contributed by atoms with Crippen LogP contribution in [0, 0.1) is 29.6 Å². The van der Waals surface area contributed by atoms with E-state index in [1.165, 1.54) is 0 Å². The molecule has 4 bridgehead atoms. The Morgan fingerprint density at radius 1 is 0.833 bits per heavy atom. The van der Waals surface area contributed by atoms with Gasteiger partial charge in [0, 0.05) is 0 Å². The molecule has 4 aliphatic rings. The van der Waals surface area contributed by atoms with E-state index >= 15 is 0 Å². The molecule has 0 aromatic rings. The van der Waals surface area contributed by atoms with Crippen molar-refractivity contribution >= 4 is 0 Å². The van der Waals surface area contributed by atoms with Crippen LogP contribution in [0.4, 0.5) is 0 Å². The van der Waals surface area contributed by atoms with Crippen molar-refractivity contribution < 1.29 is 31.0 Å². The van der Waals surface area contributed by atoms with Crippen LogP contribution >= 0.6 is 0 Å². The monoisotopic (exact) mass is 174 g/mol. The Morgan fingerprint density at radius 3 is 1.67 bits per heavy atom. The van der Waals surface area contributed by atoms with Crippen LogP contribution in [-0.4, -0.2) is 0 Å². The van der Waals surface area contributed by atoms with Gasteiger partial charge in [-0.15, -0.1) is 0 Å². The van der Waals surface area contributed by atoms with Gasteiger partial charge in [-0.25, -0.2) is 0 Å². The molecule has 0 unspecified atom stereocenters. The van der Waals surface area contributed by atoms with Crippen LogP contribution in [0.3, 0.4) is 0 Å². The Morgan fingerprint density at radius 2 is 1.25 bits per heavy atom. The molecule has 1 heteroatoms. The van der Waals surface area contributed by atoms with Gasteiger partial charge in [-0.1, -0.05) is 6.92 Å². The SMILES string of the molecule is CC1C2CC3CC(C2)CC1C3.[H-].[Na+]. The van der Waals surface area contributed by atoms with E-state index in [-0.39, 0.29) is 31.0 Å². The van der Waals surface area contributed by atoms with Gasteiger partial charge in [-0.3, -0.25) is 0 Å². The molecule has 0 aromatic heterocycles. The van der Waals surface area contributed by atoms with Gasteiger partial charge in [0.25, 0.3) is 0 Å². The quantitative estimate of drug-likeness (QED) is 0.460. The third-order valence-corrected chi connectivity index (χ3v) is 4.70. The normalized spacial score (nSPS) is 55.2. The summed E-state index contributed by atoms with van der Waals surface area (Å²) in [5.41, 5.74) is 0. The smallest absolute Gasteiger partial charge is 1.00 e. The Bertz CT molecular complexity index is 153. The molecule has 12 heavy (non-hydrogen) atoms. The average molecular weight is 174 g/mol. The molecule has 0 spiro atoms. The van der Waals surface area contributed by atoms with Crippen LogP contribution in [0.25, 0.3) is 0 Å². The number of hydrogen-bond acceptors (Lipinski definition) is 0. The van der Waals surface area contributed by atoms with Crippen LogP contribution in [0.15, 0.2) is 0 Å². The summed E-state index contributed by atoms with van der Waals surface area (Å²) in [6.07, 6.45) is 7.96. The maximum absolute atomic E-state index is 2.51. The maximum atomic E-state index is 2.51. The van der Waals surface area contributed by atoms with Crippen molar-refractivity contribution in [2.45, 2.75) is 39.0 Å². The molecule has 0 aromatic carbocycles. The predicted molar refractivity (Wildman–Crippen MR) is 47.3 cm³/mol. The zero-order valence-corrected chi connectivity index (χ0v) is 10.4. The van der Waals surface area contributed by atoms with E-state index in [0.717, 1.165) is 29.6 Å². The van der Waals surface area contributed by atoms with Crippen molar-refractivity contribution in [1.82, 2.24) is 0 Å². The average Bonchev–Trinajstić information content (AvgIpc) is 1.98. The molecule has 64 valence electrons. The second kappa shape index (κ2) is 3.29. The van der Waals surface area contributed by atoms with Crippen molar-refractivity contribution in [2.75, 3.05) is 0 Å². The minimum absolute atomic E-state index is 0. The molecule has 0 N–H and O–H groups in total. The van der Waals surface area contributed by atoms with Gasteiger partial charge in [0.05, 0.1) is 0 Å². The molecule has 0 nitrogen and oxygen atoms in total. The van der Waals surface area contributed by atoms with E-state index in [2.05, 4.69) is 6.92 Å². The molecule has 4 aliphatic carbocycles. The van der Waals surface area contributed by atoms with Gasteiger partial charge in [-0.05, 0) is 61.7 Å². The summed E-state index contributed by atoms with van der Waals surface area (Å²) in [6, 6.07) is 0. The predicted octanol–water partition coefficient (Wildman–Crippen LogP) is 0.195. The van der Waals surface area contributed by atoms with Gasteiger partial charge in [0.15, 0.2) is 0 Å². The fourth-order valence-electron chi connectivity index (χ4n) is 4.20. The van der Waals surface area contributed by atoms with Gasteiger partial charge in [0.1, 0.15) is 0 Å². The molecular weight excluding hydrogens is 155 g/mol. The summed E-state index contributed by atoms with van der Waals surface area (Å²) in [6.45, 7) is 2.51. The van der Waals surface area contributed by atoms with E-state index in [4.69, 9.17) is 0 Å². The fourth-order valence-corrected chi connectivity index (χ4v) is 4.20. The minimum atomic E-state index is 0. The van der Waals surface area contributed by atoms with Gasteiger partial charge >= 0.3 is 29.6 Å². The van der Waals surface area contributed by atoms with E-state index < -0.39 is 0 Å². The molecule has 0 amide bonds. The molecule has 0 heterocycles. The van der Waals surface area contributed by atoms with Crippen molar-refractivity contribution in [1.29, 1.82) is 0 Å². The fraction of sp³-hybridized carbons (Fsp3) is 1.00. The molecule has 0 atom stereocenters.